The first-order chi connectivity index (χ1) is 15.5. The highest BCUT2D eigenvalue weighted by Crippen LogP contribution is 2.21. The summed E-state index contributed by atoms with van der Waals surface area (Å²) in [5.74, 6) is 1.16. The van der Waals surface area contributed by atoms with E-state index in [2.05, 4.69) is 26.8 Å². The lowest BCUT2D eigenvalue weighted by molar-refractivity contribution is -0.130. The van der Waals surface area contributed by atoms with Crippen LogP contribution in [0, 0.1) is 11.3 Å². The van der Waals surface area contributed by atoms with E-state index >= 15 is 0 Å². The molecule has 2 aromatic rings. The van der Waals surface area contributed by atoms with Gasteiger partial charge in [0.25, 0.3) is 0 Å². The van der Waals surface area contributed by atoms with Crippen LogP contribution in [0.2, 0.25) is 0 Å². The van der Waals surface area contributed by atoms with Gasteiger partial charge in [0.2, 0.25) is 5.91 Å². The molecule has 1 heterocycles. The highest BCUT2D eigenvalue weighted by Gasteiger charge is 2.16. The minimum Gasteiger partial charge on any atom is -0.382 e. The third-order valence-corrected chi connectivity index (χ3v) is 5.04. The van der Waals surface area contributed by atoms with E-state index in [9.17, 15) is 10.1 Å². The molecule has 4 N–H and O–H groups in total. The Labute approximate surface area is 190 Å². The van der Waals surface area contributed by atoms with Gasteiger partial charge in [-0.3, -0.25) is 9.79 Å². The average molecular weight is 439 g/mol. The molecule has 0 fully saturated rings. The maximum Gasteiger partial charge on any atom is 0.224 e. The van der Waals surface area contributed by atoms with E-state index in [1.807, 2.05) is 56.0 Å². The molecule has 0 spiro atoms. The van der Waals surface area contributed by atoms with Gasteiger partial charge in [-0.1, -0.05) is 18.2 Å². The van der Waals surface area contributed by atoms with Gasteiger partial charge in [-0.25, -0.2) is 4.68 Å². The molecule has 2 rings (SSSR count). The fraction of sp³-hybridized carbons (Fsp3) is 0.478. The SMILES string of the molecule is CCNC(=NCCCc1nn(-c2ccccc2)c(N)c1C#N)NCCC(=O)N(CC)CC. The summed E-state index contributed by atoms with van der Waals surface area (Å²) in [4.78, 5) is 18.5. The second kappa shape index (κ2) is 13.0. The minimum absolute atomic E-state index is 0.133. The third-order valence-electron chi connectivity index (χ3n) is 5.04. The van der Waals surface area contributed by atoms with Crippen molar-refractivity contribution >= 4 is 17.7 Å². The monoisotopic (exact) mass is 438 g/mol. The molecule has 172 valence electrons. The van der Waals surface area contributed by atoms with Crippen molar-refractivity contribution in [1.29, 1.82) is 5.26 Å². The van der Waals surface area contributed by atoms with Crippen LogP contribution in [0.4, 0.5) is 5.82 Å². The van der Waals surface area contributed by atoms with Gasteiger partial charge in [-0.2, -0.15) is 10.4 Å². The van der Waals surface area contributed by atoms with Crippen molar-refractivity contribution in [2.45, 2.75) is 40.0 Å². The lowest BCUT2D eigenvalue weighted by Gasteiger charge is -2.19. The van der Waals surface area contributed by atoms with Crippen LogP contribution in [0.25, 0.3) is 5.69 Å². The highest BCUT2D eigenvalue weighted by atomic mass is 16.2. The van der Waals surface area contributed by atoms with Crippen LogP contribution in [-0.4, -0.2) is 59.3 Å². The van der Waals surface area contributed by atoms with Crippen LogP contribution in [-0.2, 0) is 11.2 Å². The molecule has 1 aromatic heterocycles. The molecular weight excluding hydrogens is 404 g/mol. The molecule has 0 radical (unpaired) electrons. The second-order valence-corrected chi connectivity index (χ2v) is 7.17. The number of hydrogen-bond acceptors (Lipinski definition) is 5. The molecule has 0 aliphatic heterocycles. The van der Waals surface area contributed by atoms with Gasteiger partial charge >= 0.3 is 0 Å². The molecule has 1 amide bonds. The molecule has 32 heavy (non-hydrogen) atoms. The second-order valence-electron chi connectivity index (χ2n) is 7.17. The Bertz CT molecular complexity index is 925. The number of aromatic nitrogens is 2. The number of carbonyl (C=O) groups is 1. The number of amides is 1. The number of para-hydroxylation sites is 1. The number of nitriles is 1. The number of anilines is 1. The summed E-state index contributed by atoms with van der Waals surface area (Å²) in [5.41, 5.74) is 8.07. The van der Waals surface area contributed by atoms with Crippen molar-refractivity contribution in [3.05, 3.63) is 41.6 Å². The topological polar surface area (TPSA) is 124 Å². The van der Waals surface area contributed by atoms with Crippen LogP contribution in [0.15, 0.2) is 35.3 Å². The Hall–Kier alpha value is -3.54. The van der Waals surface area contributed by atoms with Gasteiger partial charge in [-0.15, -0.1) is 0 Å². The molecule has 0 aliphatic carbocycles. The van der Waals surface area contributed by atoms with Crippen molar-refractivity contribution in [1.82, 2.24) is 25.3 Å². The maximum absolute atomic E-state index is 12.1. The van der Waals surface area contributed by atoms with Crippen molar-refractivity contribution in [2.24, 2.45) is 4.99 Å². The number of aryl methyl sites for hydroxylation is 1. The van der Waals surface area contributed by atoms with Crippen LogP contribution < -0.4 is 16.4 Å². The first-order valence-corrected chi connectivity index (χ1v) is 11.2. The molecule has 9 nitrogen and oxygen atoms in total. The molecule has 1 aromatic carbocycles. The number of nitrogens with two attached hydrogens (primary N) is 1. The summed E-state index contributed by atoms with van der Waals surface area (Å²) in [7, 11) is 0. The summed E-state index contributed by atoms with van der Waals surface area (Å²) in [6, 6.07) is 11.7. The van der Waals surface area contributed by atoms with Gasteiger partial charge in [0.1, 0.15) is 17.5 Å². The number of benzene rings is 1. The summed E-state index contributed by atoms with van der Waals surface area (Å²) < 4.78 is 1.61. The fourth-order valence-electron chi connectivity index (χ4n) is 3.34. The minimum atomic E-state index is 0.133. The van der Waals surface area contributed by atoms with Crippen LogP contribution in [0.1, 0.15) is 44.9 Å². The Morgan fingerprint density at radius 2 is 1.94 bits per heavy atom. The summed E-state index contributed by atoms with van der Waals surface area (Å²) in [6.07, 6.45) is 1.74. The Kier molecular flexibility index (Phi) is 10.0. The lowest BCUT2D eigenvalue weighted by Crippen LogP contribution is -2.40. The molecule has 0 saturated heterocycles. The average Bonchev–Trinajstić information content (AvgIpc) is 3.13. The van der Waals surface area contributed by atoms with E-state index in [1.165, 1.54) is 0 Å². The predicted molar refractivity (Wildman–Crippen MR) is 128 cm³/mol. The largest absolute Gasteiger partial charge is 0.382 e. The first kappa shape index (κ1) is 24.7. The smallest absolute Gasteiger partial charge is 0.224 e. The van der Waals surface area contributed by atoms with Crippen molar-refractivity contribution in [3.63, 3.8) is 0 Å². The molecule has 0 unspecified atom stereocenters. The molecule has 9 heteroatoms. The number of carbonyl (C=O) groups excluding carboxylic acids is 1. The molecule has 0 aliphatic rings. The summed E-state index contributed by atoms with van der Waals surface area (Å²) >= 11 is 0. The number of nitrogen functional groups attached to an aromatic ring is 1. The van der Waals surface area contributed by atoms with Gasteiger partial charge in [-0.05, 0) is 45.7 Å². The van der Waals surface area contributed by atoms with Gasteiger partial charge in [0.05, 0.1) is 11.4 Å². The number of rotatable bonds is 11. The van der Waals surface area contributed by atoms with Crippen molar-refractivity contribution in [3.8, 4) is 11.8 Å². The fourth-order valence-corrected chi connectivity index (χ4v) is 3.34. The zero-order valence-electron chi connectivity index (χ0n) is 19.3. The highest BCUT2D eigenvalue weighted by molar-refractivity contribution is 5.81. The number of aliphatic imine (C=N–C) groups is 1. The van der Waals surface area contributed by atoms with E-state index < -0.39 is 0 Å². The zero-order chi connectivity index (χ0) is 23.3. The molecular formula is C23H34N8O. The summed E-state index contributed by atoms with van der Waals surface area (Å²) in [6.45, 7) is 9.21. The third kappa shape index (κ3) is 6.74. The number of hydrogen-bond donors (Lipinski definition) is 3. The first-order valence-electron chi connectivity index (χ1n) is 11.2. The van der Waals surface area contributed by atoms with E-state index in [1.54, 1.807) is 4.68 Å². The van der Waals surface area contributed by atoms with Crippen LogP contribution >= 0.6 is 0 Å². The molecule has 0 saturated carbocycles. The quantitative estimate of drug-likeness (QED) is 0.280. The standard InChI is InChI=1S/C23H34N8O/c1-4-26-23(28-16-14-21(32)30(5-2)6-3)27-15-10-13-20-19(17-24)22(25)31(29-20)18-11-8-7-9-12-18/h7-9,11-12H,4-6,10,13-16,25H2,1-3H3,(H2,26,27,28). The van der Waals surface area contributed by atoms with E-state index in [0.29, 0.717) is 49.0 Å². The van der Waals surface area contributed by atoms with Crippen molar-refractivity contribution < 1.29 is 4.79 Å². The molecule has 0 bridgehead atoms. The van der Waals surface area contributed by atoms with Crippen LogP contribution in [0.3, 0.4) is 0 Å². The van der Waals surface area contributed by atoms with Gasteiger partial charge in [0, 0.05) is 39.1 Å². The summed E-state index contributed by atoms with van der Waals surface area (Å²) in [5, 5.41) is 20.5. The lowest BCUT2D eigenvalue weighted by atomic mass is 10.1. The zero-order valence-corrected chi connectivity index (χ0v) is 19.3. The van der Waals surface area contributed by atoms with E-state index in [-0.39, 0.29) is 5.91 Å². The van der Waals surface area contributed by atoms with Gasteiger partial charge < -0.3 is 21.3 Å². The number of nitrogens with one attached hydrogen (secondary N) is 2. The van der Waals surface area contributed by atoms with E-state index in [4.69, 9.17) is 5.73 Å². The Balaban J connectivity index is 1.93. The maximum atomic E-state index is 12.1. The van der Waals surface area contributed by atoms with Gasteiger partial charge in [0.15, 0.2) is 5.96 Å². The Morgan fingerprint density at radius 3 is 2.56 bits per heavy atom. The Morgan fingerprint density at radius 1 is 1.22 bits per heavy atom. The van der Waals surface area contributed by atoms with Crippen molar-refractivity contribution in [2.75, 3.05) is 38.5 Å². The number of guanidine groups is 1. The predicted octanol–water partition coefficient (Wildman–Crippen LogP) is 2.07. The molecule has 0 atom stereocenters. The van der Waals surface area contributed by atoms with E-state index in [0.717, 1.165) is 31.7 Å². The van der Waals surface area contributed by atoms with Crippen LogP contribution in [0.5, 0.6) is 0 Å². The number of nitrogens with zero attached hydrogens (tertiary/aromatic N) is 5. The normalized spacial score (nSPS) is 11.1.